The van der Waals surface area contributed by atoms with Gasteiger partial charge in [0.2, 0.25) is 0 Å². The van der Waals surface area contributed by atoms with Crippen LogP contribution in [0.15, 0.2) is 32.4 Å². The summed E-state index contributed by atoms with van der Waals surface area (Å²) >= 11 is 0. The van der Waals surface area contributed by atoms with Crippen molar-refractivity contribution in [2.45, 2.75) is 20.4 Å². The fourth-order valence-corrected chi connectivity index (χ4v) is 2.24. The van der Waals surface area contributed by atoms with Gasteiger partial charge in [0.15, 0.2) is 11.2 Å². The Balaban J connectivity index is 2.50. The molecule has 0 aliphatic carbocycles. The van der Waals surface area contributed by atoms with Gasteiger partial charge in [-0.1, -0.05) is 12.2 Å². The van der Waals surface area contributed by atoms with E-state index in [4.69, 9.17) is 4.42 Å². The van der Waals surface area contributed by atoms with Crippen LogP contribution in [0.1, 0.15) is 12.7 Å². The van der Waals surface area contributed by atoms with Crippen molar-refractivity contribution in [2.24, 2.45) is 7.05 Å². The van der Waals surface area contributed by atoms with E-state index in [2.05, 4.69) is 4.98 Å². The third-order valence-electron chi connectivity index (χ3n) is 3.23. The fraction of sp³-hybridized carbons (Fsp3) is 0.308. The number of allylic oxidation sites excluding steroid dienone is 2. The second kappa shape index (κ2) is 4.22. The lowest BCUT2D eigenvalue weighted by molar-refractivity contribution is 0.563. The topological polar surface area (TPSA) is 74.4 Å². The van der Waals surface area contributed by atoms with Crippen LogP contribution in [-0.2, 0) is 13.6 Å². The minimum atomic E-state index is -0.391. The molecule has 0 fully saturated rings. The number of rotatable bonds is 2. The Labute approximate surface area is 113 Å². The van der Waals surface area contributed by atoms with Gasteiger partial charge in [-0.3, -0.25) is 18.3 Å². The standard InChI is InChI=1S/C13H14N4O3/c1-4-5-6-16-11(18)9-10(15(3)13(16)19)14-12-17(9)7-8(2)20-12/h4-5,7H,6H2,1-3H3/b5-4+. The van der Waals surface area contributed by atoms with Crippen LogP contribution in [-0.4, -0.2) is 18.5 Å². The van der Waals surface area contributed by atoms with Crippen molar-refractivity contribution in [1.29, 1.82) is 0 Å². The molecule has 0 N–H and O–H groups in total. The quantitative estimate of drug-likeness (QED) is 0.649. The number of nitrogens with zero attached hydrogens (tertiary/aromatic N) is 4. The summed E-state index contributed by atoms with van der Waals surface area (Å²) in [5, 5.41) is 0. The highest BCUT2D eigenvalue weighted by Crippen LogP contribution is 2.14. The third-order valence-corrected chi connectivity index (χ3v) is 3.23. The molecule has 0 bridgehead atoms. The average molecular weight is 274 g/mol. The molecule has 3 aromatic heterocycles. The van der Waals surface area contributed by atoms with Crippen LogP contribution in [0.25, 0.3) is 17.0 Å². The Kier molecular flexibility index (Phi) is 2.63. The molecular formula is C13H14N4O3. The van der Waals surface area contributed by atoms with Crippen LogP contribution < -0.4 is 11.2 Å². The Morgan fingerprint density at radius 1 is 1.40 bits per heavy atom. The number of hydrogen-bond donors (Lipinski definition) is 0. The van der Waals surface area contributed by atoms with E-state index in [0.29, 0.717) is 22.8 Å². The summed E-state index contributed by atoms with van der Waals surface area (Å²) in [4.78, 5) is 28.9. The maximum absolute atomic E-state index is 12.5. The number of aryl methyl sites for hydroxylation is 2. The van der Waals surface area contributed by atoms with Crippen molar-refractivity contribution < 1.29 is 4.42 Å². The lowest BCUT2D eigenvalue weighted by Crippen LogP contribution is -2.39. The first kappa shape index (κ1) is 12.5. The van der Waals surface area contributed by atoms with Crippen LogP contribution in [0.3, 0.4) is 0 Å². The number of fused-ring (bicyclic) bond motifs is 3. The van der Waals surface area contributed by atoms with Gasteiger partial charge in [0.1, 0.15) is 5.76 Å². The van der Waals surface area contributed by atoms with Crippen LogP contribution in [0.2, 0.25) is 0 Å². The Morgan fingerprint density at radius 2 is 2.15 bits per heavy atom. The molecule has 0 aromatic carbocycles. The molecule has 0 aliphatic rings. The summed E-state index contributed by atoms with van der Waals surface area (Å²) in [7, 11) is 1.59. The molecule has 0 spiro atoms. The zero-order valence-corrected chi connectivity index (χ0v) is 11.5. The SMILES string of the molecule is C/C=C/Cn1c(=O)c2c(nc3oc(C)cn32)n(C)c1=O. The molecule has 7 nitrogen and oxygen atoms in total. The smallest absolute Gasteiger partial charge is 0.332 e. The highest BCUT2D eigenvalue weighted by atomic mass is 16.4. The van der Waals surface area contributed by atoms with Crippen molar-refractivity contribution in [1.82, 2.24) is 18.5 Å². The van der Waals surface area contributed by atoms with Gasteiger partial charge in [-0.05, 0) is 13.8 Å². The molecule has 0 unspecified atom stereocenters. The average Bonchev–Trinajstić information content (AvgIpc) is 2.92. The van der Waals surface area contributed by atoms with Crippen molar-refractivity contribution in [3.63, 3.8) is 0 Å². The summed E-state index contributed by atoms with van der Waals surface area (Å²) in [5.74, 6) is 0.969. The molecule has 0 saturated carbocycles. The van der Waals surface area contributed by atoms with Gasteiger partial charge in [-0.25, -0.2) is 4.79 Å². The number of hydrogen-bond acceptors (Lipinski definition) is 4. The van der Waals surface area contributed by atoms with E-state index in [1.807, 2.05) is 6.92 Å². The molecule has 7 heteroatoms. The minimum Gasteiger partial charge on any atom is -0.428 e. The lowest BCUT2D eigenvalue weighted by Gasteiger charge is -2.05. The minimum absolute atomic E-state index is 0.238. The predicted molar refractivity (Wildman–Crippen MR) is 74.0 cm³/mol. The monoisotopic (exact) mass is 274 g/mol. The summed E-state index contributed by atoms with van der Waals surface area (Å²) in [5.41, 5.74) is -0.0773. The van der Waals surface area contributed by atoms with E-state index < -0.39 is 5.69 Å². The Morgan fingerprint density at radius 3 is 2.85 bits per heavy atom. The summed E-state index contributed by atoms with van der Waals surface area (Å²) in [6.07, 6.45) is 5.24. The Hall–Kier alpha value is -2.57. The highest BCUT2D eigenvalue weighted by molar-refractivity contribution is 5.74. The first-order valence-corrected chi connectivity index (χ1v) is 6.23. The number of oxazole rings is 1. The van der Waals surface area contributed by atoms with Crippen LogP contribution in [0.5, 0.6) is 0 Å². The summed E-state index contributed by atoms with van der Waals surface area (Å²) < 4.78 is 9.52. The fourth-order valence-electron chi connectivity index (χ4n) is 2.24. The normalized spacial score (nSPS) is 12.2. The maximum atomic E-state index is 12.5. The van der Waals surface area contributed by atoms with E-state index in [1.165, 1.54) is 9.13 Å². The molecule has 0 atom stereocenters. The van der Waals surface area contributed by atoms with Gasteiger partial charge in [0.25, 0.3) is 5.56 Å². The number of aromatic nitrogens is 4. The Bertz CT molecular complexity index is 952. The van der Waals surface area contributed by atoms with Crippen LogP contribution in [0, 0.1) is 6.92 Å². The zero-order chi connectivity index (χ0) is 14.4. The first-order chi connectivity index (χ1) is 9.54. The van der Waals surface area contributed by atoms with Gasteiger partial charge in [0, 0.05) is 13.6 Å². The molecule has 3 heterocycles. The van der Waals surface area contributed by atoms with Crippen molar-refractivity contribution in [3.05, 3.63) is 44.9 Å². The largest absolute Gasteiger partial charge is 0.428 e. The van der Waals surface area contributed by atoms with E-state index in [-0.39, 0.29) is 12.1 Å². The second-order valence-corrected chi connectivity index (χ2v) is 4.60. The van der Waals surface area contributed by atoms with Gasteiger partial charge < -0.3 is 4.42 Å². The first-order valence-electron chi connectivity index (χ1n) is 6.23. The summed E-state index contributed by atoms with van der Waals surface area (Å²) in [6, 6.07) is 0. The second-order valence-electron chi connectivity index (χ2n) is 4.60. The summed E-state index contributed by atoms with van der Waals surface area (Å²) in [6.45, 7) is 3.85. The van der Waals surface area contributed by atoms with Gasteiger partial charge in [0.05, 0.1) is 6.20 Å². The lowest BCUT2D eigenvalue weighted by atomic mass is 10.4. The van der Waals surface area contributed by atoms with E-state index >= 15 is 0 Å². The molecule has 0 amide bonds. The van der Waals surface area contributed by atoms with Gasteiger partial charge in [-0.15, -0.1) is 0 Å². The molecule has 0 aliphatic heterocycles. The predicted octanol–water partition coefficient (Wildman–Crippen LogP) is 0.825. The molecule has 3 rings (SSSR count). The van der Waals surface area contributed by atoms with E-state index in [0.717, 1.165) is 0 Å². The van der Waals surface area contributed by atoms with Crippen molar-refractivity contribution in [3.8, 4) is 0 Å². The van der Waals surface area contributed by atoms with E-state index in [1.54, 1.807) is 36.7 Å². The van der Waals surface area contributed by atoms with Crippen molar-refractivity contribution in [2.75, 3.05) is 0 Å². The van der Waals surface area contributed by atoms with Gasteiger partial charge in [-0.2, -0.15) is 4.98 Å². The number of imidazole rings is 1. The van der Waals surface area contributed by atoms with Crippen LogP contribution in [0.4, 0.5) is 0 Å². The van der Waals surface area contributed by atoms with E-state index in [9.17, 15) is 9.59 Å². The maximum Gasteiger partial charge on any atom is 0.332 e. The molecular weight excluding hydrogens is 260 g/mol. The van der Waals surface area contributed by atoms with Crippen molar-refractivity contribution >= 4 is 17.0 Å². The molecule has 20 heavy (non-hydrogen) atoms. The van der Waals surface area contributed by atoms with Gasteiger partial charge >= 0.3 is 11.5 Å². The zero-order valence-electron chi connectivity index (χ0n) is 11.5. The van der Waals surface area contributed by atoms with Crippen LogP contribution >= 0.6 is 0 Å². The molecule has 0 radical (unpaired) electrons. The third kappa shape index (κ3) is 1.56. The molecule has 104 valence electrons. The molecule has 0 saturated heterocycles. The molecule has 3 aromatic rings. The highest BCUT2D eigenvalue weighted by Gasteiger charge is 2.18.